The predicted molar refractivity (Wildman–Crippen MR) is 66.1 cm³/mol. The van der Waals surface area contributed by atoms with Crippen molar-refractivity contribution in [2.45, 2.75) is 25.8 Å². The molecule has 0 radical (unpaired) electrons. The number of hydrogen-bond acceptors (Lipinski definition) is 4. The molecule has 2 unspecified atom stereocenters. The zero-order valence-corrected chi connectivity index (χ0v) is 10.2. The summed E-state index contributed by atoms with van der Waals surface area (Å²) in [4.78, 5) is 17.1. The second-order valence-corrected chi connectivity index (χ2v) is 4.61. The van der Waals surface area contributed by atoms with Crippen molar-refractivity contribution in [3.63, 3.8) is 0 Å². The van der Waals surface area contributed by atoms with Crippen LogP contribution in [0.25, 0.3) is 0 Å². The van der Waals surface area contributed by atoms with Gasteiger partial charge in [-0.3, -0.25) is 9.78 Å². The minimum atomic E-state index is -0.729. The number of carboxylic acids is 1. The van der Waals surface area contributed by atoms with Crippen LogP contribution in [-0.2, 0) is 4.79 Å². The van der Waals surface area contributed by atoms with E-state index >= 15 is 0 Å². The maximum atomic E-state index is 11.0. The van der Waals surface area contributed by atoms with E-state index in [1.54, 1.807) is 18.5 Å². The predicted octanol–water partition coefficient (Wildman–Crippen LogP) is 1.64. The van der Waals surface area contributed by atoms with Crippen LogP contribution in [0.1, 0.15) is 25.3 Å². The van der Waals surface area contributed by atoms with Crippen LogP contribution in [0.5, 0.6) is 0 Å². The van der Waals surface area contributed by atoms with E-state index < -0.39 is 5.97 Å². The fourth-order valence-electron chi connectivity index (χ4n) is 2.46. The zero-order valence-electron chi connectivity index (χ0n) is 10.2. The average Bonchev–Trinajstić information content (AvgIpc) is 2.38. The Morgan fingerprint density at radius 3 is 3.06 bits per heavy atom. The summed E-state index contributed by atoms with van der Waals surface area (Å²) in [5, 5.41) is 18.1. The Kier molecular flexibility index (Phi) is 3.47. The molecule has 1 N–H and O–H groups in total. The van der Waals surface area contributed by atoms with Crippen LogP contribution in [0.3, 0.4) is 0 Å². The molecule has 0 saturated carbocycles. The summed E-state index contributed by atoms with van der Waals surface area (Å²) in [7, 11) is 0. The molecular formula is C13H15N3O2. The molecule has 1 aliphatic rings. The monoisotopic (exact) mass is 245 g/mol. The first-order valence-electron chi connectivity index (χ1n) is 5.97. The number of aliphatic carboxylic acids is 1. The number of aromatic nitrogens is 1. The molecule has 2 heterocycles. The van der Waals surface area contributed by atoms with Crippen molar-refractivity contribution in [2.75, 3.05) is 11.4 Å². The lowest BCUT2D eigenvalue weighted by Crippen LogP contribution is -2.43. The van der Waals surface area contributed by atoms with Crippen LogP contribution in [0.4, 0.5) is 5.69 Å². The fraction of sp³-hybridized carbons (Fsp3) is 0.462. The maximum absolute atomic E-state index is 11.0. The first-order valence-corrected chi connectivity index (χ1v) is 5.97. The van der Waals surface area contributed by atoms with Crippen LogP contribution in [0, 0.1) is 17.2 Å². The summed E-state index contributed by atoms with van der Waals surface area (Å²) in [6, 6.07) is 3.94. The van der Waals surface area contributed by atoms with Gasteiger partial charge in [0.2, 0.25) is 0 Å². The molecule has 1 saturated heterocycles. The molecule has 5 heteroatoms. The number of anilines is 1. The highest BCUT2D eigenvalue weighted by molar-refractivity contribution is 5.71. The lowest BCUT2D eigenvalue weighted by Gasteiger charge is -2.38. The molecule has 0 aromatic carbocycles. The van der Waals surface area contributed by atoms with E-state index in [0.717, 1.165) is 5.69 Å². The SMILES string of the molecule is CC1CC(C(=O)O)CCN1c1cnccc1C#N. The highest BCUT2D eigenvalue weighted by atomic mass is 16.4. The van der Waals surface area contributed by atoms with Crippen molar-refractivity contribution < 1.29 is 9.90 Å². The Hall–Kier alpha value is -2.09. The summed E-state index contributed by atoms with van der Waals surface area (Å²) in [6.45, 7) is 2.64. The van der Waals surface area contributed by atoms with Crippen molar-refractivity contribution >= 4 is 11.7 Å². The van der Waals surface area contributed by atoms with Gasteiger partial charge in [0, 0.05) is 18.8 Å². The second kappa shape index (κ2) is 5.05. The van der Waals surface area contributed by atoms with Crippen molar-refractivity contribution in [2.24, 2.45) is 5.92 Å². The van der Waals surface area contributed by atoms with Gasteiger partial charge in [-0.05, 0) is 25.8 Å². The standard InChI is InChI=1S/C13H15N3O2/c1-9-6-10(13(17)18)3-5-16(9)12-8-15-4-2-11(12)7-14/h2,4,8-10H,3,5-6H2,1H3,(H,17,18). The van der Waals surface area contributed by atoms with Gasteiger partial charge in [-0.25, -0.2) is 0 Å². The number of pyridine rings is 1. The van der Waals surface area contributed by atoms with Crippen molar-refractivity contribution in [1.82, 2.24) is 4.98 Å². The van der Waals surface area contributed by atoms with Gasteiger partial charge >= 0.3 is 5.97 Å². The zero-order chi connectivity index (χ0) is 13.1. The Bertz CT molecular complexity index is 495. The van der Waals surface area contributed by atoms with Gasteiger partial charge in [-0.15, -0.1) is 0 Å². The van der Waals surface area contributed by atoms with E-state index in [4.69, 9.17) is 10.4 Å². The van der Waals surface area contributed by atoms with E-state index in [-0.39, 0.29) is 12.0 Å². The van der Waals surface area contributed by atoms with E-state index in [2.05, 4.69) is 16.0 Å². The third-order valence-corrected chi connectivity index (χ3v) is 3.46. The smallest absolute Gasteiger partial charge is 0.306 e. The largest absolute Gasteiger partial charge is 0.481 e. The van der Waals surface area contributed by atoms with Gasteiger partial charge in [-0.2, -0.15) is 5.26 Å². The first kappa shape index (κ1) is 12.4. The molecule has 0 bridgehead atoms. The van der Waals surface area contributed by atoms with Crippen molar-refractivity contribution in [1.29, 1.82) is 5.26 Å². The minimum Gasteiger partial charge on any atom is -0.481 e. The second-order valence-electron chi connectivity index (χ2n) is 4.61. The third-order valence-electron chi connectivity index (χ3n) is 3.46. The normalized spacial score (nSPS) is 23.4. The van der Waals surface area contributed by atoms with Crippen LogP contribution >= 0.6 is 0 Å². The van der Waals surface area contributed by atoms with Crippen LogP contribution < -0.4 is 4.90 Å². The van der Waals surface area contributed by atoms with Crippen LogP contribution in [0.15, 0.2) is 18.5 Å². The Morgan fingerprint density at radius 2 is 2.44 bits per heavy atom. The van der Waals surface area contributed by atoms with Crippen LogP contribution in [0.2, 0.25) is 0 Å². The lowest BCUT2D eigenvalue weighted by atomic mass is 9.91. The highest BCUT2D eigenvalue weighted by Crippen LogP contribution is 2.29. The van der Waals surface area contributed by atoms with Gasteiger partial charge in [0.15, 0.2) is 0 Å². The van der Waals surface area contributed by atoms with E-state index in [1.165, 1.54) is 0 Å². The number of nitrogens with zero attached hydrogens (tertiary/aromatic N) is 3. The van der Waals surface area contributed by atoms with Gasteiger partial charge in [-0.1, -0.05) is 0 Å². The fourth-order valence-corrected chi connectivity index (χ4v) is 2.46. The van der Waals surface area contributed by atoms with Crippen molar-refractivity contribution in [3.8, 4) is 6.07 Å². The molecule has 1 aromatic heterocycles. The number of hydrogen-bond donors (Lipinski definition) is 1. The molecule has 1 aliphatic heterocycles. The van der Waals surface area contributed by atoms with Gasteiger partial charge in [0.25, 0.3) is 0 Å². The molecule has 1 fully saturated rings. The molecule has 0 spiro atoms. The first-order chi connectivity index (χ1) is 8.63. The van der Waals surface area contributed by atoms with E-state index in [0.29, 0.717) is 24.9 Å². The van der Waals surface area contributed by atoms with Crippen molar-refractivity contribution in [3.05, 3.63) is 24.0 Å². The summed E-state index contributed by atoms with van der Waals surface area (Å²) in [5.41, 5.74) is 1.39. The topological polar surface area (TPSA) is 77.2 Å². The molecule has 18 heavy (non-hydrogen) atoms. The average molecular weight is 245 g/mol. The van der Waals surface area contributed by atoms with Gasteiger partial charge in [0.1, 0.15) is 6.07 Å². The summed E-state index contributed by atoms with van der Waals surface area (Å²) in [6.07, 6.45) is 4.49. The Balaban J connectivity index is 2.21. The molecule has 0 amide bonds. The lowest BCUT2D eigenvalue weighted by molar-refractivity contribution is -0.142. The maximum Gasteiger partial charge on any atom is 0.306 e. The number of nitriles is 1. The van der Waals surface area contributed by atoms with Crippen LogP contribution in [-0.4, -0.2) is 28.6 Å². The number of rotatable bonds is 2. The molecule has 2 atom stereocenters. The Labute approximate surface area is 106 Å². The third kappa shape index (κ3) is 2.28. The van der Waals surface area contributed by atoms with E-state index in [1.807, 2.05) is 6.92 Å². The Morgan fingerprint density at radius 1 is 1.67 bits per heavy atom. The number of carbonyl (C=O) groups is 1. The van der Waals surface area contributed by atoms with Gasteiger partial charge in [0.05, 0.1) is 23.4 Å². The van der Waals surface area contributed by atoms with E-state index in [9.17, 15) is 4.79 Å². The summed E-state index contributed by atoms with van der Waals surface area (Å²) < 4.78 is 0. The molecular weight excluding hydrogens is 230 g/mol. The highest BCUT2D eigenvalue weighted by Gasteiger charge is 2.30. The number of carboxylic acid groups (broad SMARTS) is 1. The quantitative estimate of drug-likeness (QED) is 0.857. The van der Waals surface area contributed by atoms with Gasteiger partial charge < -0.3 is 10.0 Å². The summed E-state index contributed by atoms with van der Waals surface area (Å²) >= 11 is 0. The molecule has 5 nitrogen and oxygen atoms in total. The molecule has 1 aromatic rings. The number of piperidine rings is 1. The summed E-state index contributed by atoms with van der Waals surface area (Å²) in [5.74, 6) is -1.01. The molecule has 2 rings (SSSR count). The molecule has 0 aliphatic carbocycles. The molecule has 94 valence electrons. The minimum absolute atomic E-state index is 0.108.